The monoisotopic (exact) mass is 410 g/mol. The van der Waals surface area contributed by atoms with Gasteiger partial charge >= 0.3 is 5.97 Å². The van der Waals surface area contributed by atoms with E-state index in [0.29, 0.717) is 12.5 Å². The molecule has 174 valence electrons. The quantitative estimate of drug-likeness (QED) is 0.131. The Bertz CT molecular complexity index is 327. The van der Waals surface area contributed by atoms with Crippen LogP contribution in [0.15, 0.2) is 0 Å². The Labute approximate surface area is 184 Å². The van der Waals surface area contributed by atoms with Crippen molar-refractivity contribution in [1.29, 1.82) is 0 Å². The molecule has 0 saturated heterocycles. The fraction of sp³-hybridized carbons (Fsp3) is 0.963. The standard InChI is InChI=1S/C27H54O2/c1-5-8-11-14-15-16-17-18-21-25(4)27(28)29-24-26(22-19-12-9-6-2)23-20-13-10-7-3/h25-26H,5-24H2,1-4H3. The number of carbonyl (C=O) groups excluding carboxylic acids is 1. The first kappa shape index (κ1) is 28.5. The van der Waals surface area contributed by atoms with Gasteiger partial charge in [0.25, 0.3) is 0 Å². The molecule has 0 aliphatic carbocycles. The molecule has 0 heterocycles. The molecule has 0 rings (SSSR count). The van der Waals surface area contributed by atoms with Crippen LogP contribution in [0, 0.1) is 11.8 Å². The van der Waals surface area contributed by atoms with Crippen molar-refractivity contribution < 1.29 is 9.53 Å². The molecular formula is C27H54O2. The van der Waals surface area contributed by atoms with Gasteiger partial charge in [-0.1, -0.05) is 130 Å². The largest absolute Gasteiger partial charge is 0.465 e. The number of carbonyl (C=O) groups is 1. The maximum Gasteiger partial charge on any atom is 0.308 e. The molecule has 0 bridgehead atoms. The Morgan fingerprint density at radius 2 is 0.966 bits per heavy atom. The molecule has 0 aliphatic rings. The molecule has 0 saturated carbocycles. The van der Waals surface area contributed by atoms with E-state index >= 15 is 0 Å². The third-order valence-corrected chi connectivity index (χ3v) is 6.29. The summed E-state index contributed by atoms with van der Waals surface area (Å²) in [5, 5.41) is 0. The average molecular weight is 411 g/mol. The minimum Gasteiger partial charge on any atom is -0.465 e. The molecule has 1 unspecified atom stereocenters. The third-order valence-electron chi connectivity index (χ3n) is 6.29. The second-order valence-corrected chi connectivity index (χ2v) is 9.36. The summed E-state index contributed by atoms with van der Waals surface area (Å²) in [5.74, 6) is 0.680. The minimum atomic E-state index is 0.0417. The Morgan fingerprint density at radius 1 is 0.586 bits per heavy atom. The van der Waals surface area contributed by atoms with Crippen LogP contribution in [0.3, 0.4) is 0 Å². The second-order valence-electron chi connectivity index (χ2n) is 9.36. The van der Waals surface area contributed by atoms with Gasteiger partial charge in [0.1, 0.15) is 0 Å². The van der Waals surface area contributed by atoms with Gasteiger partial charge in [-0.2, -0.15) is 0 Å². The predicted molar refractivity (Wildman–Crippen MR) is 128 cm³/mol. The molecule has 0 spiro atoms. The highest BCUT2D eigenvalue weighted by molar-refractivity contribution is 5.71. The van der Waals surface area contributed by atoms with E-state index in [1.165, 1.54) is 116 Å². The average Bonchev–Trinajstić information content (AvgIpc) is 2.73. The number of hydrogen-bond acceptors (Lipinski definition) is 2. The van der Waals surface area contributed by atoms with Crippen LogP contribution in [0.4, 0.5) is 0 Å². The summed E-state index contributed by atoms with van der Waals surface area (Å²) in [6.07, 6.45) is 24.5. The Balaban J connectivity index is 3.96. The van der Waals surface area contributed by atoms with Crippen molar-refractivity contribution >= 4 is 5.97 Å². The van der Waals surface area contributed by atoms with Crippen molar-refractivity contribution in [2.24, 2.45) is 11.8 Å². The number of ether oxygens (including phenoxy) is 1. The van der Waals surface area contributed by atoms with Gasteiger partial charge in [0.2, 0.25) is 0 Å². The van der Waals surface area contributed by atoms with Crippen molar-refractivity contribution in [2.75, 3.05) is 6.61 Å². The summed E-state index contributed by atoms with van der Waals surface area (Å²) in [5.41, 5.74) is 0. The van der Waals surface area contributed by atoms with Crippen LogP contribution in [0.5, 0.6) is 0 Å². The Morgan fingerprint density at radius 3 is 1.45 bits per heavy atom. The molecule has 1 atom stereocenters. The first-order chi connectivity index (χ1) is 14.2. The van der Waals surface area contributed by atoms with Gasteiger partial charge < -0.3 is 4.74 Å². The molecule has 29 heavy (non-hydrogen) atoms. The Hall–Kier alpha value is -0.530. The van der Waals surface area contributed by atoms with Crippen molar-refractivity contribution in [2.45, 2.75) is 150 Å². The molecular weight excluding hydrogens is 356 g/mol. The summed E-state index contributed by atoms with van der Waals surface area (Å²) in [6, 6.07) is 0. The summed E-state index contributed by atoms with van der Waals surface area (Å²) in [4.78, 5) is 12.4. The zero-order valence-corrected chi connectivity index (χ0v) is 20.6. The van der Waals surface area contributed by atoms with Crippen LogP contribution in [0.1, 0.15) is 150 Å². The van der Waals surface area contributed by atoms with E-state index < -0.39 is 0 Å². The molecule has 0 N–H and O–H groups in total. The maximum atomic E-state index is 12.4. The SMILES string of the molecule is CCCCCCCCCCC(C)C(=O)OCC(CCCCCC)CCCCCC. The van der Waals surface area contributed by atoms with Crippen molar-refractivity contribution in [3.63, 3.8) is 0 Å². The molecule has 0 aromatic rings. The lowest BCUT2D eigenvalue weighted by Crippen LogP contribution is -2.20. The third kappa shape index (κ3) is 19.2. The molecule has 0 aliphatic heterocycles. The van der Waals surface area contributed by atoms with E-state index in [-0.39, 0.29) is 11.9 Å². The van der Waals surface area contributed by atoms with E-state index in [4.69, 9.17) is 4.74 Å². The zero-order valence-electron chi connectivity index (χ0n) is 20.6. The lowest BCUT2D eigenvalue weighted by Gasteiger charge is -2.19. The summed E-state index contributed by atoms with van der Waals surface area (Å²) >= 11 is 0. The van der Waals surface area contributed by atoms with Gasteiger partial charge in [0, 0.05) is 0 Å². The summed E-state index contributed by atoms with van der Waals surface area (Å²) in [7, 11) is 0. The van der Waals surface area contributed by atoms with Gasteiger partial charge in [-0.05, 0) is 25.2 Å². The van der Waals surface area contributed by atoms with E-state index in [0.717, 1.165) is 6.42 Å². The fourth-order valence-electron chi connectivity index (χ4n) is 4.08. The lowest BCUT2D eigenvalue weighted by atomic mass is 9.95. The highest BCUT2D eigenvalue weighted by atomic mass is 16.5. The van der Waals surface area contributed by atoms with Gasteiger partial charge in [-0.3, -0.25) is 4.79 Å². The Kier molecular flexibility index (Phi) is 21.8. The van der Waals surface area contributed by atoms with E-state index in [1.54, 1.807) is 0 Å². The topological polar surface area (TPSA) is 26.3 Å². The van der Waals surface area contributed by atoms with Crippen LogP contribution in [0.25, 0.3) is 0 Å². The first-order valence-electron chi connectivity index (χ1n) is 13.3. The summed E-state index contributed by atoms with van der Waals surface area (Å²) in [6.45, 7) is 9.50. The summed E-state index contributed by atoms with van der Waals surface area (Å²) < 4.78 is 5.76. The highest BCUT2D eigenvalue weighted by Crippen LogP contribution is 2.20. The molecule has 2 nitrogen and oxygen atoms in total. The molecule has 0 aromatic carbocycles. The lowest BCUT2D eigenvalue weighted by molar-refractivity contribution is -0.149. The van der Waals surface area contributed by atoms with E-state index in [2.05, 4.69) is 27.7 Å². The fourth-order valence-corrected chi connectivity index (χ4v) is 4.08. The van der Waals surface area contributed by atoms with Gasteiger partial charge in [-0.15, -0.1) is 0 Å². The number of esters is 1. The molecule has 0 aromatic heterocycles. The van der Waals surface area contributed by atoms with Gasteiger partial charge in [0.05, 0.1) is 12.5 Å². The van der Waals surface area contributed by atoms with Crippen LogP contribution in [-0.2, 0) is 9.53 Å². The molecule has 2 heteroatoms. The van der Waals surface area contributed by atoms with Crippen LogP contribution in [0.2, 0.25) is 0 Å². The predicted octanol–water partition coefficient (Wildman–Crippen LogP) is 9.25. The van der Waals surface area contributed by atoms with Crippen LogP contribution < -0.4 is 0 Å². The van der Waals surface area contributed by atoms with Crippen molar-refractivity contribution in [3.8, 4) is 0 Å². The molecule has 0 fully saturated rings. The van der Waals surface area contributed by atoms with Crippen LogP contribution >= 0.6 is 0 Å². The molecule has 0 radical (unpaired) electrons. The van der Waals surface area contributed by atoms with E-state index in [1.807, 2.05) is 0 Å². The number of rotatable bonds is 22. The zero-order chi connectivity index (χ0) is 21.6. The van der Waals surface area contributed by atoms with Gasteiger partial charge in [0.15, 0.2) is 0 Å². The van der Waals surface area contributed by atoms with Crippen LogP contribution in [-0.4, -0.2) is 12.6 Å². The minimum absolute atomic E-state index is 0.0417. The molecule has 0 amide bonds. The highest BCUT2D eigenvalue weighted by Gasteiger charge is 2.17. The second kappa shape index (κ2) is 22.2. The number of hydrogen-bond donors (Lipinski definition) is 0. The maximum absolute atomic E-state index is 12.4. The van der Waals surface area contributed by atoms with Crippen molar-refractivity contribution in [3.05, 3.63) is 0 Å². The normalized spacial score (nSPS) is 12.4. The van der Waals surface area contributed by atoms with Crippen molar-refractivity contribution in [1.82, 2.24) is 0 Å². The van der Waals surface area contributed by atoms with E-state index in [9.17, 15) is 4.79 Å². The van der Waals surface area contributed by atoms with Gasteiger partial charge in [-0.25, -0.2) is 0 Å². The number of unbranched alkanes of at least 4 members (excludes halogenated alkanes) is 13. The smallest absolute Gasteiger partial charge is 0.308 e. The first-order valence-corrected chi connectivity index (χ1v) is 13.3.